The first-order valence-electron chi connectivity index (χ1n) is 6.84. The number of rotatable bonds is 3. The van der Waals surface area contributed by atoms with Crippen LogP contribution in [0.1, 0.15) is 31.2 Å². The van der Waals surface area contributed by atoms with Crippen molar-refractivity contribution in [3.8, 4) is 6.07 Å². The minimum atomic E-state index is 0.380. The number of halogens is 1. The van der Waals surface area contributed by atoms with Crippen molar-refractivity contribution < 1.29 is 4.74 Å². The molecule has 1 saturated carbocycles. The van der Waals surface area contributed by atoms with Gasteiger partial charge in [0.1, 0.15) is 6.07 Å². The largest absolute Gasteiger partial charge is 0.381 e. The lowest BCUT2D eigenvalue weighted by molar-refractivity contribution is -0.00218. The predicted molar refractivity (Wildman–Crippen MR) is 75.3 cm³/mol. The molecule has 1 aliphatic heterocycles. The van der Waals surface area contributed by atoms with Crippen molar-refractivity contribution >= 4 is 17.3 Å². The van der Waals surface area contributed by atoms with E-state index in [9.17, 15) is 0 Å². The van der Waals surface area contributed by atoms with Gasteiger partial charge in [-0.2, -0.15) is 5.26 Å². The average molecular weight is 277 g/mol. The maximum atomic E-state index is 9.13. The van der Waals surface area contributed by atoms with Crippen molar-refractivity contribution in [1.82, 2.24) is 0 Å². The average Bonchev–Trinajstić information content (AvgIpc) is 3.24. The topological polar surface area (TPSA) is 45.0 Å². The molecule has 2 atom stereocenters. The summed E-state index contributed by atoms with van der Waals surface area (Å²) in [7, 11) is 0. The highest BCUT2D eigenvalue weighted by molar-refractivity contribution is 6.30. The number of nitrogens with zero attached hydrogens (tertiary/aromatic N) is 1. The second kappa shape index (κ2) is 5.40. The van der Waals surface area contributed by atoms with Crippen molar-refractivity contribution in [2.24, 2.45) is 5.92 Å². The molecule has 1 saturated heterocycles. The molecule has 3 rings (SSSR count). The molecule has 1 heterocycles. The van der Waals surface area contributed by atoms with Gasteiger partial charge in [0.15, 0.2) is 0 Å². The third-order valence-corrected chi connectivity index (χ3v) is 4.16. The SMILES string of the molecule is N#Cc1ccc(Cl)cc1NC1CCOC(C2CC2)C1. The van der Waals surface area contributed by atoms with E-state index >= 15 is 0 Å². The molecule has 2 aliphatic rings. The highest BCUT2D eigenvalue weighted by Crippen LogP contribution is 2.38. The van der Waals surface area contributed by atoms with E-state index in [4.69, 9.17) is 21.6 Å². The summed E-state index contributed by atoms with van der Waals surface area (Å²) in [6.07, 6.45) is 5.02. The Morgan fingerprint density at radius 3 is 2.89 bits per heavy atom. The first-order valence-corrected chi connectivity index (χ1v) is 7.22. The highest BCUT2D eigenvalue weighted by Gasteiger charge is 2.35. The molecule has 1 N–H and O–H groups in total. The van der Waals surface area contributed by atoms with Gasteiger partial charge in [-0.25, -0.2) is 0 Å². The maximum absolute atomic E-state index is 9.13. The lowest BCUT2D eigenvalue weighted by Gasteiger charge is -2.31. The van der Waals surface area contributed by atoms with E-state index in [0.29, 0.717) is 22.7 Å². The van der Waals surface area contributed by atoms with Crippen LogP contribution < -0.4 is 5.32 Å². The van der Waals surface area contributed by atoms with Gasteiger partial charge in [-0.15, -0.1) is 0 Å². The Hall–Kier alpha value is -1.24. The van der Waals surface area contributed by atoms with Gasteiger partial charge >= 0.3 is 0 Å². The monoisotopic (exact) mass is 276 g/mol. The van der Waals surface area contributed by atoms with E-state index in [2.05, 4.69) is 11.4 Å². The molecule has 100 valence electrons. The Kier molecular flexibility index (Phi) is 3.63. The highest BCUT2D eigenvalue weighted by atomic mass is 35.5. The molecule has 0 spiro atoms. The zero-order chi connectivity index (χ0) is 13.2. The molecular weight excluding hydrogens is 260 g/mol. The lowest BCUT2D eigenvalue weighted by Crippen LogP contribution is -2.35. The molecule has 3 nitrogen and oxygen atoms in total. The van der Waals surface area contributed by atoms with Crippen LogP contribution in [0.5, 0.6) is 0 Å². The predicted octanol–water partition coefficient (Wildman–Crippen LogP) is 3.58. The molecule has 1 aromatic rings. The summed E-state index contributed by atoms with van der Waals surface area (Å²) >= 11 is 6.01. The van der Waals surface area contributed by atoms with E-state index < -0.39 is 0 Å². The molecule has 1 aromatic carbocycles. The Balaban J connectivity index is 1.70. The summed E-state index contributed by atoms with van der Waals surface area (Å²) < 4.78 is 5.82. The summed E-state index contributed by atoms with van der Waals surface area (Å²) in [6.45, 7) is 0.807. The van der Waals surface area contributed by atoms with Crippen LogP contribution in [0, 0.1) is 17.2 Å². The third kappa shape index (κ3) is 3.02. The Morgan fingerprint density at radius 1 is 1.32 bits per heavy atom. The van der Waals surface area contributed by atoms with Crippen LogP contribution in [0.3, 0.4) is 0 Å². The van der Waals surface area contributed by atoms with E-state index in [1.54, 1.807) is 12.1 Å². The van der Waals surface area contributed by atoms with E-state index in [-0.39, 0.29) is 0 Å². The third-order valence-electron chi connectivity index (χ3n) is 3.92. The standard InChI is InChI=1S/C15H17ClN2O/c16-12-4-3-11(9-17)14(7-12)18-13-5-6-19-15(8-13)10-1-2-10/h3-4,7,10,13,15,18H,1-2,5-6,8H2. The fraction of sp³-hybridized carbons (Fsp3) is 0.533. The number of nitrogens with one attached hydrogen (secondary N) is 1. The van der Waals surface area contributed by atoms with Crippen LogP contribution in [0.15, 0.2) is 18.2 Å². The van der Waals surface area contributed by atoms with Crippen LogP contribution in [0.4, 0.5) is 5.69 Å². The smallest absolute Gasteiger partial charge is 0.101 e. The fourth-order valence-corrected chi connectivity index (χ4v) is 2.88. The molecule has 0 bridgehead atoms. The van der Waals surface area contributed by atoms with Gasteiger partial charge in [0.25, 0.3) is 0 Å². The van der Waals surface area contributed by atoms with Crippen molar-refractivity contribution in [2.75, 3.05) is 11.9 Å². The second-order valence-corrected chi connectivity index (χ2v) is 5.85. The van der Waals surface area contributed by atoms with Crippen LogP contribution in [0.2, 0.25) is 5.02 Å². The van der Waals surface area contributed by atoms with Gasteiger partial charge in [-0.1, -0.05) is 11.6 Å². The van der Waals surface area contributed by atoms with Crippen molar-refractivity contribution in [3.05, 3.63) is 28.8 Å². The molecule has 4 heteroatoms. The number of ether oxygens (including phenoxy) is 1. The van der Waals surface area contributed by atoms with Gasteiger partial charge in [-0.3, -0.25) is 0 Å². The lowest BCUT2D eigenvalue weighted by atomic mass is 9.99. The molecule has 0 radical (unpaired) electrons. The van der Waals surface area contributed by atoms with Crippen molar-refractivity contribution in [3.63, 3.8) is 0 Å². The molecule has 0 amide bonds. The summed E-state index contributed by atoms with van der Waals surface area (Å²) in [5.74, 6) is 0.763. The maximum Gasteiger partial charge on any atom is 0.101 e. The molecule has 2 fully saturated rings. The van der Waals surface area contributed by atoms with Gasteiger partial charge < -0.3 is 10.1 Å². The zero-order valence-electron chi connectivity index (χ0n) is 10.7. The van der Waals surface area contributed by atoms with E-state index in [1.807, 2.05) is 6.07 Å². The van der Waals surface area contributed by atoms with Gasteiger partial charge in [-0.05, 0) is 49.8 Å². The molecule has 2 unspecified atom stereocenters. The Bertz CT molecular complexity index is 507. The number of nitriles is 1. The Labute approximate surface area is 118 Å². The van der Waals surface area contributed by atoms with Gasteiger partial charge in [0.2, 0.25) is 0 Å². The zero-order valence-corrected chi connectivity index (χ0v) is 11.5. The van der Waals surface area contributed by atoms with Crippen LogP contribution in [-0.2, 0) is 4.74 Å². The number of hydrogen-bond donors (Lipinski definition) is 1. The first-order chi connectivity index (χ1) is 9.26. The summed E-state index contributed by atoms with van der Waals surface area (Å²) in [5, 5.41) is 13.3. The van der Waals surface area contributed by atoms with Crippen molar-refractivity contribution in [2.45, 2.75) is 37.8 Å². The van der Waals surface area contributed by atoms with Crippen LogP contribution in [0.25, 0.3) is 0 Å². The van der Waals surface area contributed by atoms with Gasteiger partial charge in [0.05, 0.1) is 17.4 Å². The second-order valence-electron chi connectivity index (χ2n) is 5.41. The van der Waals surface area contributed by atoms with E-state index in [0.717, 1.165) is 31.1 Å². The normalized spacial score (nSPS) is 26.7. The summed E-state index contributed by atoms with van der Waals surface area (Å²) in [5.41, 5.74) is 1.50. The minimum absolute atomic E-state index is 0.380. The quantitative estimate of drug-likeness (QED) is 0.918. The number of hydrogen-bond acceptors (Lipinski definition) is 3. The van der Waals surface area contributed by atoms with Crippen LogP contribution >= 0.6 is 11.6 Å². The molecule has 1 aliphatic carbocycles. The minimum Gasteiger partial charge on any atom is -0.381 e. The van der Waals surface area contributed by atoms with Gasteiger partial charge in [0, 0.05) is 17.7 Å². The summed E-state index contributed by atoms with van der Waals surface area (Å²) in [6, 6.07) is 7.94. The van der Waals surface area contributed by atoms with E-state index in [1.165, 1.54) is 12.8 Å². The fourth-order valence-electron chi connectivity index (χ4n) is 2.71. The van der Waals surface area contributed by atoms with Crippen LogP contribution in [-0.4, -0.2) is 18.8 Å². The molecular formula is C15H17ClN2O. The molecule has 0 aromatic heterocycles. The van der Waals surface area contributed by atoms with Crippen molar-refractivity contribution in [1.29, 1.82) is 5.26 Å². The number of benzene rings is 1. The molecule has 19 heavy (non-hydrogen) atoms. The Morgan fingerprint density at radius 2 is 2.16 bits per heavy atom. The first kappa shape index (κ1) is 12.8. The number of anilines is 1. The summed E-state index contributed by atoms with van der Waals surface area (Å²) in [4.78, 5) is 0.